The fourth-order valence-corrected chi connectivity index (χ4v) is 3.33. The van der Waals surface area contributed by atoms with Crippen LogP contribution in [0, 0.1) is 0 Å². The largest absolute Gasteiger partial charge is 0.319 e. The van der Waals surface area contributed by atoms with Gasteiger partial charge in [0.1, 0.15) is 0 Å². The zero-order valence-corrected chi connectivity index (χ0v) is 12.4. The van der Waals surface area contributed by atoms with E-state index in [-0.39, 0.29) is 11.1 Å². The number of hydrogen-bond acceptors (Lipinski definition) is 5. The molecule has 1 aromatic heterocycles. The monoisotopic (exact) mass is 323 g/mol. The highest BCUT2D eigenvalue weighted by Crippen LogP contribution is 2.26. The molecule has 0 saturated heterocycles. The van der Waals surface area contributed by atoms with Crippen molar-refractivity contribution in [2.45, 2.75) is 0 Å². The lowest BCUT2D eigenvalue weighted by molar-refractivity contribution is 0.0879. The predicted octanol–water partition coefficient (Wildman–Crippen LogP) is 2.43. The third-order valence-electron chi connectivity index (χ3n) is 3.50. The van der Waals surface area contributed by atoms with Gasteiger partial charge in [-0.1, -0.05) is 18.2 Å². The molecule has 23 heavy (non-hydrogen) atoms. The van der Waals surface area contributed by atoms with Crippen LogP contribution in [-0.4, -0.2) is 22.7 Å². The van der Waals surface area contributed by atoms with Gasteiger partial charge in [-0.2, -0.15) is 0 Å². The highest BCUT2D eigenvalue weighted by molar-refractivity contribution is 7.20. The van der Waals surface area contributed by atoms with E-state index in [0.29, 0.717) is 10.7 Å². The number of aromatic nitrogens is 1. The van der Waals surface area contributed by atoms with Crippen LogP contribution in [0.1, 0.15) is 30.5 Å². The van der Waals surface area contributed by atoms with E-state index in [4.69, 9.17) is 0 Å². The molecule has 0 saturated carbocycles. The smallest absolute Gasteiger partial charge is 0.284 e. The van der Waals surface area contributed by atoms with Crippen LogP contribution in [0.15, 0.2) is 42.5 Å². The summed E-state index contributed by atoms with van der Waals surface area (Å²) < 4.78 is 0.906. The highest BCUT2D eigenvalue weighted by atomic mass is 32.1. The number of benzene rings is 2. The number of carbonyl (C=O) groups excluding carboxylic acids is 3. The van der Waals surface area contributed by atoms with Gasteiger partial charge in [-0.15, -0.1) is 11.3 Å². The van der Waals surface area contributed by atoms with Gasteiger partial charge in [0, 0.05) is 0 Å². The maximum atomic E-state index is 12.4. The molecule has 0 bridgehead atoms. The van der Waals surface area contributed by atoms with Crippen molar-refractivity contribution < 1.29 is 14.4 Å². The zero-order chi connectivity index (χ0) is 16.0. The summed E-state index contributed by atoms with van der Waals surface area (Å²) >= 11 is 1.27. The van der Waals surface area contributed by atoms with E-state index in [1.807, 2.05) is 24.3 Å². The Morgan fingerprint density at radius 1 is 1.04 bits per heavy atom. The molecule has 1 aliphatic rings. The summed E-state index contributed by atoms with van der Waals surface area (Å²) in [6.45, 7) is 0. The quantitative estimate of drug-likeness (QED) is 0.709. The van der Waals surface area contributed by atoms with Crippen LogP contribution < -0.4 is 10.6 Å². The third-order valence-corrected chi connectivity index (χ3v) is 4.53. The maximum Gasteiger partial charge on any atom is 0.284 e. The number of amides is 3. The minimum Gasteiger partial charge on any atom is -0.319 e. The first-order valence-electron chi connectivity index (χ1n) is 6.79. The van der Waals surface area contributed by atoms with Crippen molar-refractivity contribution in [2.75, 3.05) is 5.32 Å². The Morgan fingerprint density at radius 2 is 1.87 bits per heavy atom. The molecular weight excluding hydrogens is 314 g/mol. The number of rotatable bonds is 2. The maximum absolute atomic E-state index is 12.4. The Morgan fingerprint density at radius 3 is 2.70 bits per heavy atom. The van der Waals surface area contributed by atoms with Gasteiger partial charge >= 0.3 is 0 Å². The Bertz CT molecular complexity index is 960. The van der Waals surface area contributed by atoms with Gasteiger partial charge in [-0.05, 0) is 24.3 Å². The van der Waals surface area contributed by atoms with Crippen molar-refractivity contribution in [3.05, 3.63) is 58.6 Å². The van der Waals surface area contributed by atoms with Crippen molar-refractivity contribution in [3.63, 3.8) is 0 Å². The number of fused-ring (bicyclic) bond motifs is 2. The van der Waals surface area contributed by atoms with Crippen molar-refractivity contribution in [3.8, 4) is 0 Å². The van der Waals surface area contributed by atoms with Gasteiger partial charge in [-0.3, -0.25) is 19.7 Å². The van der Waals surface area contributed by atoms with Crippen LogP contribution in [0.3, 0.4) is 0 Å². The Labute approximate surface area is 134 Å². The van der Waals surface area contributed by atoms with Crippen molar-refractivity contribution in [2.24, 2.45) is 0 Å². The van der Waals surface area contributed by atoms with E-state index >= 15 is 0 Å². The van der Waals surface area contributed by atoms with Crippen LogP contribution in [0.4, 0.5) is 5.69 Å². The number of anilines is 1. The standard InChI is InChI=1S/C16H9N3O3S/c20-13-8-4-3-6-10(12(8)14(21)19-13)17-15(22)16-18-9-5-1-2-7-11(9)23-16/h1-7H,(H,17,22)(H,19,20,21). The lowest BCUT2D eigenvalue weighted by Gasteiger charge is -2.06. The summed E-state index contributed by atoms with van der Waals surface area (Å²) in [5, 5.41) is 5.18. The molecular formula is C16H9N3O3S. The number of thiazole rings is 1. The van der Waals surface area contributed by atoms with E-state index in [1.165, 1.54) is 11.3 Å². The number of imide groups is 1. The third kappa shape index (κ3) is 2.18. The number of nitrogens with zero attached hydrogens (tertiary/aromatic N) is 1. The first-order chi connectivity index (χ1) is 11.1. The van der Waals surface area contributed by atoms with E-state index in [0.717, 1.165) is 10.2 Å². The van der Waals surface area contributed by atoms with E-state index in [2.05, 4.69) is 15.6 Å². The van der Waals surface area contributed by atoms with Crippen LogP contribution in [0.5, 0.6) is 0 Å². The van der Waals surface area contributed by atoms with Gasteiger partial charge in [0.15, 0.2) is 5.01 Å². The van der Waals surface area contributed by atoms with Crippen molar-refractivity contribution in [1.29, 1.82) is 0 Å². The minimum atomic E-state index is -0.509. The molecule has 0 spiro atoms. The number of hydrogen-bond donors (Lipinski definition) is 2. The fraction of sp³-hybridized carbons (Fsp3) is 0. The molecule has 3 aromatic rings. The van der Waals surface area contributed by atoms with Crippen LogP contribution >= 0.6 is 11.3 Å². The number of nitrogens with one attached hydrogen (secondary N) is 2. The van der Waals surface area contributed by atoms with Gasteiger partial charge in [0.2, 0.25) is 0 Å². The second kappa shape index (κ2) is 4.99. The SMILES string of the molecule is O=C(Nc1cccc2c1C(=O)NC2=O)c1nc2ccccc2s1. The molecule has 2 N–H and O–H groups in total. The molecule has 7 heteroatoms. The Kier molecular flexibility index (Phi) is 2.95. The lowest BCUT2D eigenvalue weighted by Crippen LogP contribution is -2.20. The van der Waals surface area contributed by atoms with E-state index < -0.39 is 17.7 Å². The average Bonchev–Trinajstić information content (AvgIpc) is 3.10. The van der Waals surface area contributed by atoms with Crippen molar-refractivity contribution >= 4 is 45.0 Å². The van der Waals surface area contributed by atoms with Crippen LogP contribution in [0.2, 0.25) is 0 Å². The van der Waals surface area contributed by atoms with Gasteiger partial charge in [0.05, 0.1) is 27.0 Å². The topological polar surface area (TPSA) is 88.2 Å². The molecule has 0 unspecified atom stereocenters. The average molecular weight is 323 g/mol. The zero-order valence-electron chi connectivity index (χ0n) is 11.6. The highest BCUT2D eigenvalue weighted by Gasteiger charge is 2.30. The molecule has 6 nitrogen and oxygen atoms in total. The first-order valence-corrected chi connectivity index (χ1v) is 7.61. The van der Waals surface area contributed by atoms with Gasteiger partial charge in [0.25, 0.3) is 17.7 Å². The molecule has 2 heterocycles. The van der Waals surface area contributed by atoms with Crippen LogP contribution in [-0.2, 0) is 0 Å². The second-order valence-corrected chi connectivity index (χ2v) is 5.98. The summed E-state index contributed by atoms with van der Waals surface area (Å²) in [4.78, 5) is 40.2. The molecule has 1 aliphatic heterocycles. The second-order valence-electron chi connectivity index (χ2n) is 4.95. The predicted molar refractivity (Wildman–Crippen MR) is 85.8 cm³/mol. The van der Waals surface area contributed by atoms with E-state index in [9.17, 15) is 14.4 Å². The summed E-state index contributed by atoms with van der Waals surface area (Å²) in [5.74, 6) is -1.38. The molecule has 0 radical (unpaired) electrons. The molecule has 112 valence electrons. The molecule has 0 atom stereocenters. The summed E-state index contributed by atoms with van der Waals surface area (Å²) in [6, 6.07) is 12.2. The molecule has 0 fully saturated rings. The summed E-state index contributed by atoms with van der Waals surface area (Å²) in [6.07, 6.45) is 0. The number of carbonyl (C=O) groups is 3. The first kappa shape index (κ1) is 13.6. The minimum absolute atomic E-state index is 0.187. The fourth-order valence-electron chi connectivity index (χ4n) is 2.47. The number of para-hydroxylation sites is 1. The summed E-state index contributed by atoms with van der Waals surface area (Å²) in [7, 11) is 0. The molecule has 3 amide bonds. The van der Waals surface area contributed by atoms with E-state index in [1.54, 1.807) is 18.2 Å². The Hall–Kier alpha value is -3.06. The molecule has 2 aromatic carbocycles. The van der Waals surface area contributed by atoms with Crippen LogP contribution in [0.25, 0.3) is 10.2 Å². The van der Waals surface area contributed by atoms with Gasteiger partial charge in [-0.25, -0.2) is 4.98 Å². The normalized spacial score (nSPS) is 13.0. The molecule has 0 aliphatic carbocycles. The Balaban J connectivity index is 1.70. The lowest BCUT2D eigenvalue weighted by atomic mass is 10.1. The van der Waals surface area contributed by atoms with Crippen molar-refractivity contribution in [1.82, 2.24) is 10.3 Å². The van der Waals surface area contributed by atoms with Gasteiger partial charge < -0.3 is 5.32 Å². The molecule has 4 rings (SSSR count). The summed E-state index contributed by atoms with van der Waals surface area (Å²) in [5.41, 5.74) is 1.49.